The fraction of sp³-hybridized carbons (Fsp3) is 0.0625. The number of carbonyl (C=O) groups is 1. The van der Waals surface area contributed by atoms with E-state index in [9.17, 15) is 4.79 Å². The molecule has 0 spiro atoms. The van der Waals surface area contributed by atoms with E-state index < -0.39 is 0 Å². The number of hydrogen-bond donors (Lipinski definition) is 0. The molecule has 0 bridgehead atoms. The molecule has 1 nitrogen and oxygen atoms in total. The molecule has 0 radical (unpaired) electrons. The fourth-order valence-electron chi connectivity index (χ4n) is 1.79. The number of ketones is 1. The zero-order valence-electron chi connectivity index (χ0n) is 10.7. The molecule has 0 aliphatic carbocycles. The average Bonchev–Trinajstić information content (AvgIpc) is 2.39. The van der Waals surface area contributed by atoms with Gasteiger partial charge in [-0.2, -0.15) is 0 Å². The lowest BCUT2D eigenvalue weighted by molar-refractivity contribution is -0.111. The van der Waals surface area contributed by atoms with E-state index in [1.165, 1.54) is 6.92 Å². The van der Waals surface area contributed by atoms with Crippen LogP contribution in [0.15, 0.2) is 42.5 Å². The molecule has 0 heterocycles. The Bertz CT molecular complexity index is 673. The summed E-state index contributed by atoms with van der Waals surface area (Å²) in [5.41, 5.74) is 2.12. The molecular weight excluding hydrogens is 315 g/mol. The van der Waals surface area contributed by atoms with Crippen LogP contribution in [0, 0.1) is 0 Å². The highest BCUT2D eigenvalue weighted by Gasteiger charge is 2.09. The van der Waals surface area contributed by atoms with E-state index in [4.69, 9.17) is 34.8 Å². The lowest BCUT2D eigenvalue weighted by Gasteiger charge is -2.06. The number of benzene rings is 2. The molecule has 20 heavy (non-hydrogen) atoms. The smallest absolute Gasteiger partial charge is 0.160 e. The summed E-state index contributed by atoms with van der Waals surface area (Å²) >= 11 is 17.9. The minimum Gasteiger partial charge on any atom is -0.294 e. The van der Waals surface area contributed by atoms with Crippen LogP contribution in [0.25, 0.3) is 11.6 Å². The van der Waals surface area contributed by atoms with E-state index in [0.29, 0.717) is 20.6 Å². The van der Waals surface area contributed by atoms with Crippen LogP contribution in [-0.2, 0) is 4.79 Å². The Morgan fingerprint density at radius 1 is 0.950 bits per heavy atom. The number of halogens is 3. The third-order valence-corrected chi connectivity index (χ3v) is 3.61. The highest BCUT2D eigenvalue weighted by atomic mass is 35.5. The maximum absolute atomic E-state index is 11.8. The topological polar surface area (TPSA) is 17.1 Å². The van der Waals surface area contributed by atoms with E-state index in [-0.39, 0.29) is 5.78 Å². The molecule has 2 rings (SSSR count). The summed E-state index contributed by atoms with van der Waals surface area (Å²) in [5.74, 6) is -0.0432. The van der Waals surface area contributed by atoms with Crippen molar-refractivity contribution in [2.24, 2.45) is 0 Å². The number of allylic oxidation sites excluding steroid dienone is 1. The van der Waals surface area contributed by atoms with Crippen LogP contribution in [0.5, 0.6) is 0 Å². The molecule has 0 atom stereocenters. The first kappa shape index (κ1) is 15.1. The van der Waals surface area contributed by atoms with Crippen molar-refractivity contribution >= 4 is 52.2 Å². The molecule has 4 heteroatoms. The Morgan fingerprint density at radius 3 is 2.10 bits per heavy atom. The molecule has 2 aromatic carbocycles. The molecule has 0 saturated carbocycles. The molecule has 0 fully saturated rings. The Labute approximate surface area is 132 Å². The predicted octanol–water partition coefficient (Wildman–Crippen LogP) is 5.78. The number of rotatable bonds is 3. The van der Waals surface area contributed by atoms with E-state index in [2.05, 4.69) is 0 Å². The van der Waals surface area contributed by atoms with E-state index in [0.717, 1.165) is 11.1 Å². The van der Waals surface area contributed by atoms with Crippen LogP contribution in [0.1, 0.15) is 18.1 Å². The summed E-state index contributed by atoms with van der Waals surface area (Å²) in [5, 5.41) is 1.69. The van der Waals surface area contributed by atoms with Crippen molar-refractivity contribution < 1.29 is 4.79 Å². The lowest BCUT2D eigenvalue weighted by atomic mass is 10.00. The van der Waals surface area contributed by atoms with Crippen molar-refractivity contribution in [3.8, 4) is 0 Å². The third kappa shape index (κ3) is 3.63. The van der Waals surface area contributed by atoms with Crippen LogP contribution in [0.3, 0.4) is 0 Å². The minimum absolute atomic E-state index is 0.0432. The fourth-order valence-corrected chi connectivity index (χ4v) is 2.38. The van der Waals surface area contributed by atoms with Crippen molar-refractivity contribution in [2.45, 2.75) is 6.92 Å². The zero-order chi connectivity index (χ0) is 14.7. The largest absolute Gasteiger partial charge is 0.294 e. The van der Waals surface area contributed by atoms with Gasteiger partial charge in [0.2, 0.25) is 0 Å². The van der Waals surface area contributed by atoms with Gasteiger partial charge in [-0.15, -0.1) is 0 Å². The highest BCUT2D eigenvalue weighted by molar-refractivity contribution is 6.36. The van der Waals surface area contributed by atoms with Gasteiger partial charge in [0.05, 0.1) is 0 Å². The molecule has 0 unspecified atom stereocenters. The maximum atomic E-state index is 11.8. The van der Waals surface area contributed by atoms with Gasteiger partial charge >= 0.3 is 0 Å². The molecule has 0 saturated heterocycles. The first-order chi connectivity index (χ1) is 9.47. The zero-order valence-corrected chi connectivity index (χ0v) is 12.9. The van der Waals surface area contributed by atoms with Gasteiger partial charge in [0.25, 0.3) is 0 Å². The lowest BCUT2D eigenvalue weighted by Crippen LogP contribution is -1.96. The summed E-state index contributed by atoms with van der Waals surface area (Å²) < 4.78 is 0. The molecule has 102 valence electrons. The monoisotopic (exact) mass is 324 g/mol. The maximum Gasteiger partial charge on any atom is 0.160 e. The highest BCUT2D eigenvalue weighted by Crippen LogP contribution is 2.27. The molecule has 0 aromatic heterocycles. The van der Waals surface area contributed by atoms with Crippen LogP contribution in [0.2, 0.25) is 15.1 Å². The Kier molecular flexibility index (Phi) is 4.87. The minimum atomic E-state index is -0.0432. The van der Waals surface area contributed by atoms with Crippen LogP contribution < -0.4 is 0 Å². The van der Waals surface area contributed by atoms with Gasteiger partial charge in [-0.1, -0.05) is 53.0 Å². The summed E-state index contributed by atoms with van der Waals surface area (Å²) in [4.78, 5) is 11.8. The Morgan fingerprint density at radius 2 is 1.55 bits per heavy atom. The normalized spacial score (nSPS) is 11.5. The van der Waals surface area contributed by atoms with Crippen LogP contribution >= 0.6 is 34.8 Å². The van der Waals surface area contributed by atoms with Crippen molar-refractivity contribution in [2.75, 3.05) is 0 Å². The van der Waals surface area contributed by atoms with Crippen molar-refractivity contribution in [1.82, 2.24) is 0 Å². The van der Waals surface area contributed by atoms with Crippen molar-refractivity contribution in [3.05, 3.63) is 68.7 Å². The number of carbonyl (C=O) groups excluding carboxylic acids is 1. The van der Waals surface area contributed by atoms with Gasteiger partial charge in [0, 0.05) is 20.6 Å². The predicted molar refractivity (Wildman–Crippen MR) is 86.5 cm³/mol. The van der Waals surface area contributed by atoms with E-state index in [1.807, 2.05) is 0 Å². The third-order valence-electron chi connectivity index (χ3n) is 2.80. The SMILES string of the molecule is CC(=O)C(=Cc1ccc(Cl)cc1Cl)c1ccc(Cl)cc1. The molecule has 2 aromatic rings. The van der Waals surface area contributed by atoms with Crippen LogP contribution in [-0.4, -0.2) is 5.78 Å². The molecule has 0 aliphatic rings. The summed E-state index contributed by atoms with van der Waals surface area (Å²) in [6, 6.07) is 12.3. The van der Waals surface area contributed by atoms with Gasteiger partial charge < -0.3 is 0 Å². The number of hydrogen-bond acceptors (Lipinski definition) is 1. The first-order valence-electron chi connectivity index (χ1n) is 5.91. The van der Waals surface area contributed by atoms with Crippen molar-refractivity contribution in [1.29, 1.82) is 0 Å². The van der Waals surface area contributed by atoms with Crippen molar-refractivity contribution in [3.63, 3.8) is 0 Å². The summed E-state index contributed by atoms with van der Waals surface area (Å²) in [6.07, 6.45) is 1.75. The molecule has 0 N–H and O–H groups in total. The average molecular weight is 326 g/mol. The van der Waals surface area contributed by atoms with Gasteiger partial charge in [-0.05, 0) is 48.4 Å². The second-order valence-electron chi connectivity index (χ2n) is 4.29. The van der Waals surface area contributed by atoms with E-state index >= 15 is 0 Å². The Balaban J connectivity index is 2.50. The second kappa shape index (κ2) is 6.45. The van der Waals surface area contributed by atoms with Gasteiger partial charge in [0.15, 0.2) is 5.78 Å². The van der Waals surface area contributed by atoms with E-state index in [1.54, 1.807) is 48.5 Å². The summed E-state index contributed by atoms with van der Waals surface area (Å²) in [6.45, 7) is 1.52. The molecular formula is C16H11Cl3O. The number of Topliss-reactive ketones (excluding diaryl/α,β-unsaturated/α-hetero) is 1. The molecule has 0 aliphatic heterocycles. The summed E-state index contributed by atoms with van der Waals surface area (Å²) in [7, 11) is 0. The quantitative estimate of drug-likeness (QED) is 0.516. The molecule has 0 amide bonds. The van der Waals surface area contributed by atoms with Gasteiger partial charge in [-0.25, -0.2) is 0 Å². The van der Waals surface area contributed by atoms with Gasteiger partial charge in [-0.3, -0.25) is 4.79 Å². The standard InChI is InChI=1S/C16H11Cl3O/c1-10(20)15(11-2-5-13(17)6-3-11)8-12-4-7-14(18)9-16(12)19/h2-9H,1H3. The second-order valence-corrected chi connectivity index (χ2v) is 5.57. The van der Waals surface area contributed by atoms with Crippen LogP contribution in [0.4, 0.5) is 0 Å². The van der Waals surface area contributed by atoms with Gasteiger partial charge in [0.1, 0.15) is 0 Å². The first-order valence-corrected chi connectivity index (χ1v) is 7.04. The Hall–Kier alpha value is -1.28.